The van der Waals surface area contributed by atoms with Gasteiger partial charge < -0.3 is 9.47 Å². The molecule has 1 aromatic rings. The summed E-state index contributed by atoms with van der Waals surface area (Å²) in [6.45, 7) is 3.54. The van der Waals surface area contributed by atoms with E-state index >= 15 is 0 Å². The van der Waals surface area contributed by atoms with Crippen LogP contribution in [0.15, 0.2) is 5.10 Å². The molecule has 8 heteroatoms. The number of fused-ring (bicyclic) bond motifs is 1. The van der Waals surface area contributed by atoms with Crippen molar-refractivity contribution in [3.63, 3.8) is 0 Å². The van der Waals surface area contributed by atoms with Crippen LogP contribution in [0.5, 0.6) is 0 Å². The first kappa shape index (κ1) is 14.9. The number of ether oxygens (including phenoxy) is 2. The molecular weight excluding hydrogens is 276 g/mol. The molecule has 0 aromatic carbocycles. The minimum atomic E-state index is -0.847. The molecule has 0 saturated carbocycles. The average molecular weight is 292 g/mol. The van der Waals surface area contributed by atoms with Crippen molar-refractivity contribution in [3.05, 3.63) is 10.7 Å². The first-order valence-electron chi connectivity index (χ1n) is 6.72. The van der Waals surface area contributed by atoms with Gasteiger partial charge in [-0.1, -0.05) is 12.2 Å². The van der Waals surface area contributed by atoms with Crippen LogP contribution in [0.2, 0.25) is 0 Å². The van der Waals surface area contributed by atoms with Gasteiger partial charge in [0, 0.05) is 0 Å². The van der Waals surface area contributed by atoms with E-state index in [1.54, 1.807) is 13.8 Å². The van der Waals surface area contributed by atoms with Crippen molar-refractivity contribution < 1.29 is 19.1 Å². The molecule has 8 nitrogen and oxygen atoms in total. The molecule has 1 aliphatic carbocycles. The first-order valence-corrected chi connectivity index (χ1v) is 6.72. The molecule has 0 unspecified atom stereocenters. The Labute approximate surface area is 120 Å². The highest BCUT2D eigenvalue weighted by Crippen LogP contribution is 1.95. The van der Waals surface area contributed by atoms with Crippen LogP contribution in [0.25, 0.3) is 12.2 Å². The lowest BCUT2D eigenvalue weighted by Gasteiger charge is -2.05. The highest BCUT2D eigenvalue weighted by atomic mass is 16.6. The van der Waals surface area contributed by atoms with Crippen LogP contribution in [0.4, 0.5) is 0 Å². The standard InChI is InChI=1S/C13H16N4O4/c1-3-20-12(18)11(13(19)21-4-2)15-17-10-8-6-5-7-9(10)14-16-17/h7-8H,3-6H2,1-2H3. The maximum absolute atomic E-state index is 11.8. The summed E-state index contributed by atoms with van der Waals surface area (Å²) in [5, 5.41) is 13.0. The van der Waals surface area contributed by atoms with Gasteiger partial charge in [-0.25, -0.2) is 9.59 Å². The van der Waals surface area contributed by atoms with Gasteiger partial charge in [-0.3, -0.25) is 0 Å². The Bertz CT molecular complexity index is 670. The number of esters is 2. The Morgan fingerprint density at radius 2 is 1.81 bits per heavy atom. The zero-order chi connectivity index (χ0) is 15.2. The van der Waals surface area contributed by atoms with Crippen LogP contribution in [0.1, 0.15) is 26.7 Å². The lowest BCUT2D eigenvalue weighted by molar-refractivity contribution is -0.140. The Morgan fingerprint density at radius 3 is 2.43 bits per heavy atom. The Morgan fingerprint density at radius 1 is 1.19 bits per heavy atom. The maximum atomic E-state index is 11.8. The van der Waals surface area contributed by atoms with Crippen molar-refractivity contribution in [1.29, 1.82) is 0 Å². The number of carbonyl (C=O) groups excluding carboxylic acids is 2. The van der Waals surface area contributed by atoms with E-state index in [-0.39, 0.29) is 13.2 Å². The molecule has 112 valence electrons. The lowest BCUT2D eigenvalue weighted by atomic mass is 10.2. The second-order valence-electron chi connectivity index (χ2n) is 4.12. The predicted molar refractivity (Wildman–Crippen MR) is 73.5 cm³/mol. The largest absolute Gasteiger partial charge is 0.461 e. The second kappa shape index (κ2) is 6.78. The molecule has 0 saturated heterocycles. The molecule has 21 heavy (non-hydrogen) atoms. The molecule has 0 fully saturated rings. The minimum absolute atomic E-state index is 0.132. The highest BCUT2D eigenvalue weighted by molar-refractivity contribution is 6.62. The van der Waals surface area contributed by atoms with Gasteiger partial charge in [-0.15, -0.1) is 15.0 Å². The van der Waals surface area contributed by atoms with Crippen LogP contribution in [0.3, 0.4) is 0 Å². The van der Waals surface area contributed by atoms with E-state index in [9.17, 15) is 9.59 Å². The van der Waals surface area contributed by atoms with E-state index < -0.39 is 17.7 Å². The molecule has 0 aliphatic heterocycles. The Kier molecular flexibility index (Phi) is 4.81. The third kappa shape index (κ3) is 3.33. The van der Waals surface area contributed by atoms with Gasteiger partial charge in [0.1, 0.15) is 10.7 Å². The van der Waals surface area contributed by atoms with Crippen molar-refractivity contribution >= 4 is 29.8 Å². The van der Waals surface area contributed by atoms with Crippen molar-refractivity contribution in [2.45, 2.75) is 26.7 Å². The van der Waals surface area contributed by atoms with Crippen LogP contribution < -0.4 is 10.7 Å². The van der Waals surface area contributed by atoms with Crippen molar-refractivity contribution in [3.8, 4) is 0 Å². The Hall–Kier alpha value is -2.51. The number of hydrogen-bond acceptors (Lipinski definition) is 7. The van der Waals surface area contributed by atoms with E-state index in [4.69, 9.17) is 9.47 Å². The smallest absolute Gasteiger partial charge is 0.366 e. The molecule has 0 spiro atoms. The van der Waals surface area contributed by atoms with E-state index in [2.05, 4.69) is 15.4 Å². The van der Waals surface area contributed by atoms with Gasteiger partial charge in [0.05, 0.1) is 13.2 Å². The second-order valence-corrected chi connectivity index (χ2v) is 4.12. The summed E-state index contributed by atoms with van der Waals surface area (Å²) in [5.74, 6) is -1.69. The summed E-state index contributed by atoms with van der Waals surface area (Å²) < 4.78 is 9.63. The van der Waals surface area contributed by atoms with Crippen LogP contribution >= 0.6 is 0 Å². The van der Waals surface area contributed by atoms with E-state index in [1.165, 1.54) is 0 Å². The zero-order valence-electron chi connectivity index (χ0n) is 11.9. The normalized spacial score (nSPS) is 12.5. The number of hydrogen-bond donors (Lipinski definition) is 0. The molecule has 1 aromatic heterocycles. The molecule has 1 heterocycles. The maximum Gasteiger partial charge on any atom is 0.366 e. The molecular formula is C13H16N4O4. The van der Waals surface area contributed by atoms with Gasteiger partial charge in [0.25, 0.3) is 5.71 Å². The predicted octanol–water partition coefficient (Wildman–Crippen LogP) is -1.04. The quantitative estimate of drug-likeness (QED) is 0.391. The van der Waals surface area contributed by atoms with E-state index in [1.807, 2.05) is 12.2 Å². The molecule has 2 rings (SSSR count). The molecule has 0 amide bonds. The molecule has 1 aliphatic rings. The summed E-state index contributed by atoms with van der Waals surface area (Å²) in [5.41, 5.74) is -0.453. The summed E-state index contributed by atoms with van der Waals surface area (Å²) >= 11 is 0. The highest BCUT2D eigenvalue weighted by Gasteiger charge is 2.24. The summed E-state index contributed by atoms with van der Waals surface area (Å²) in [6, 6.07) is 0. The molecule has 0 radical (unpaired) electrons. The van der Waals surface area contributed by atoms with E-state index in [0.29, 0.717) is 10.7 Å². The summed E-state index contributed by atoms with van der Waals surface area (Å²) in [7, 11) is 0. The number of aromatic nitrogens is 3. The van der Waals surface area contributed by atoms with Gasteiger partial charge in [0.15, 0.2) is 0 Å². The fraction of sp³-hybridized carbons (Fsp3) is 0.462. The topological polar surface area (TPSA) is 95.7 Å². The van der Waals surface area contributed by atoms with Crippen LogP contribution in [0, 0.1) is 0 Å². The SMILES string of the molecule is CCOC(=O)C(=Nn1nnc2c1=CCCC=2)C(=O)OCC. The summed E-state index contributed by atoms with van der Waals surface area (Å²) in [6.07, 6.45) is 5.51. The van der Waals surface area contributed by atoms with Gasteiger partial charge in [-0.2, -0.15) is 0 Å². The fourth-order valence-corrected chi connectivity index (χ4v) is 1.80. The zero-order valence-corrected chi connectivity index (χ0v) is 11.9. The number of rotatable bonds is 5. The van der Waals surface area contributed by atoms with Crippen molar-refractivity contribution in [1.82, 2.24) is 15.1 Å². The minimum Gasteiger partial charge on any atom is -0.461 e. The van der Waals surface area contributed by atoms with Crippen LogP contribution in [-0.2, 0) is 19.1 Å². The Balaban J connectivity index is 2.43. The monoisotopic (exact) mass is 292 g/mol. The molecule has 0 N–H and O–H groups in total. The third-order valence-electron chi connectivity index (χ3n) is 2.69. The average Bonchev–Trinajstić information content (AvgIpc) is 2.88. The third-order valence-corrected chi connectivity index (χ3v) is 2.69. The van der Waals surface area contributed by atoms with Gasteiger partial charge in [0.2, 0.25) is 0 Å². The molecule has 0 bridgehead atoms. The number of carbonyl (C=O) groups is 2. The van der Waals surface area contributed by atoms with E-state index in [0.717, 1.165) is 17.6 Å². The lowest BCUT2D eigenvalue weighted by Crippen LogP contribution is -2.34. The molecule has 0 atom stereocenters. The van der Waals surface area contributed by atoms with Gasteiger partial charge >= 0.3 is 11.9 Å². The number of nitrogens with zero attached hydrogens (tertiary/aromatic N) is 4. The van der Waals surface area contributed by atoms with Crippen molar-refractivity contribution in [2.75, 3.05) is 13.2 Å². The van der Waals surface area contributed by atoms with Crippen molar-refractivity contribution in [2.24, 2.45) is 5.10 Å². The summed E-state index contributed by atoms with van der Waals surface area (Å²) in [4.78, 5) is 24.8. The van der Waals surface area contributed by atoms with Gasteiger partial charge in [-0.05, 0) is 31.9 Å². The first-order chi connectivity index (χ1) is 10.2. The fourth-order valence-electron chi connectivity index (χ4n) is 1.80. The van der Waals surface area contributed by atoms with Crippen LogP contribution in [-0.4, -0.2) is 46.0 Å².